The van der Waals surface area contributed by atoms with E-state index >= 15 is 0 Å². The van der Waals surface area contributed by atoms with Crippen LogP contribution in [0.15, 0.2) is 72.8 Å². The highest BCUT2D eigenvalue weighted by Crippen LogP contribution is 2.43. The lowest BCUT2D eigenvalue weighted by molar-refractivity contribution is -0.153. The summed E-state index contributed by atoms with van der Waals surface area (Å²) in [6.45, 7) is 7.15. The highest BCUT2D eigenvalue weighted by atomic mass is 16.5. The molecule has 0 saturated carbocycles. The van der Waals surface area contributed by atoms with Crippen molar-refractivity contribution >= 4 is 28.9 Å². The molecule has 0 saturated heterocycles. The Morgan fingerprint density at radius 1 is 1.00 bits per heavy atom. The van der Waals surface area contributed by atoms with Gasteiger partial charge in [-0.25, -0.2) is 4.98 Å². The van der Waals surface area contributed by atoms with Crippen LogP contribution in [0.3, 0.4) is 0 Å². The molecule has 1 aromatic heterocycles. The lowest BCUT2D eigenvalue weighted by atomic mass is 9.89. The van der Waals surface area contributed by atoms with Crippen LogP contribution in [0.5, 0.6) is 11.5 Å². The minimum absolute atomic E-state index is 0.169. The molecule has 1 aliphatic heterocycles. The Labute approximate surface area is 240 Å². The van der Waals surface area contributed by atoms with Gasteiger partial charge in [-0.05, 0) is 61.1 Å². The molecule has 2 heterocycles. The molecule has 5 rings (SSSR count). The number of para-hydroxylation sites is 2. The Morgan fingerprint density at radius 3 is 2.49 bits per heavy atom. The van der Waals surface area contributed by atoms with Gasteiger partial charge >= 0.3 is 5.97 Å². The lowest BCUT2D eigenvalue weighted by Gasteiger charge is -2.38. The number of nitrogens with zero attached hydrogens (tertiary/aromatic N) is 3. The van der Waals surface area contributed by atoms with Gasteiger partial charge in [-0.15, -0.1) is 0 Å². The average molecular weight is 556 g/mol. The Bertz CT molecular complexity index is 1510. The lowest BCUT2D eigenvalue weighted by Crippen LogP contribution is -2.50. The first-order valence-corrected chi connectivity index (χ1v) is 14.2. The summed E-state index contributed by atoms with van der Waals surface area (Å²) < 4.78 is 19.2. The van der Waals surface area contributed by atoms with E-state index in [1.165, 1.54) is 0 Å². The molecule has 8 heteroatoms. The van der Waals surface area contributed by atoms with Crippen LogP contribution in [0.2, 0.25) is 0 Å². The van der Waals surface area contributed by atoms with Gasteiger partial charge in [0.05, 0.1) is 37.4 Å². The molecule has 0 fully saturated rings. The third-order valence-electron chi connectivity index (χ3n) is 7.43. The molecular weight excluding hydrogens is 518 g/mol. The number of rotatable bonds is 11. The summed E-state index contributed by atoms with van der Waals surface area (Å²) in [7, 11) is 1.59. The number of aromatic nitrogens is 2. The zero-order valence-corrected chi connectivity index (χ0v) is 24.1. The summed E-state index contributed by atoms with van der Waals surface area (Å²) in [6.07, 6.45) is 1.53. The average Bonchev–Trinajstić information content (AvgIpc) is 3.36. The second-order valence-electron chi connectivity index (χ2n) is 10.6. The van der Waals surface area contributed by atoms with Crippen LogP contribution in [0.1, 0.15) is 44.4 Å². The number of ether oxygens (including phenoxy) is 3. The van der Waals surface area contributed by atoms with E-state index in [-0.39, 0.29) is 12.5 Å². The largest absolute Gasteiger partial charge is 0.493 e. The molecule has 2 atom stereocenters. The number of carbonyl (C=O) groups excluding carboxylic acids is 2. The van der Waals surface area contributed by atoms with Gasteiger partial charge in [-0.3, -0.25) is 14.5 Å². The summed E-state index contributed by atoms with van der Waals surface area (Å²) in [4.78, 5) is 34.3. The molecule has 0 N–H and O–H groups in total. The van der Waals surface area contributed by atoms with Gasteiger partial charge in [0.2, 0.25) is 11.9 Å². The molecule has 0 bridgehead atoms. The summed E-state index contributed by atoms with van der Waals surface area (Å²) in [6, 6.07) is 22.6. The highest BCUT2D eigenvalue weighted by molar-refractivity contribution is 6.08. The molecule has 4 aromatic rings. The van der Waals surface area contributed by atoms with Crippen LogP contribution in [0.25, 0.3) is 11.0 Å². The van der Waals surface area contributed by atoms with E-state index in [1.54, 1.807) is 18.9 Å². The fraction of sp³-hybridized carbons (Fsp3) is 0.364. The van der Waals surface area contributed by atoms with Crippen LogP contribution in [0.4, 0.5) is 5.95 Å². The molecule has 41 heavy (non-hydrogen) atoms. The Morgan fingerprint density at radius 2 is 1.76 bits per heavy atom. The number of fused-ring (bicyclic) bond motifs is 3. The normalized spacial score (nSPS) is 16.6. The summed E-state index contributed by atoms with van der Waals surface area (Å²) in [5.41, 5.74) is 3.40. The van der Waals surface area contributed by atoms with Crippen LogP contribution < -0.4 is 14.4 Å². The van der Waals surface area contributed by atoms with Crippen LogP contribution in [-0.2, 0) is 20.7 Å². The van der Waals surface area contributed by atoms with E-state index in [0.717, 1.165) is 28.6 Å². The van der Waals surface area contributed by atoms with E-state index in [9.17, 15) is 9.59 Å². The Kier molecular flexibility index (Phi) is 8.57. The number of hydrogen-bond acceptors (Lipinski definition) is 6. The minimum Gasteiger partial charge on any atom is -0.493 e. The summed E-state index contributed by atoms with van der Waals surface area (Å²) >= 11 is 0. The molecule has 0 unspecified atom stereocenters. The molecule has 214 valence electrons. The van der Waals surface area contributed by atoms with Gasteiger partial charge in [0.15, 0.2) is 17.4 Å². The number of benzene rings is 3. The van der Waals surface area contributed by atoms with Crippen molar-refractivity contribution in [2.75, 3.05) is 31.8 Å². The van der Waals surface area contributed by atoms with E-state index in [1.807, 2.05) is 77.4 Å². The second-order valence-corrected chi connectivity index (χ2v) is 10.6. The fourth-order valence-corrected chi connectivity index (χ4v) is 5.34. The molecule has 3 aromatic carbocycles. The first-order valence-electron chi connectivity index (χ1n) is 14.2. The van der Waals surface area contributed by atoms with Crippen molar-refractivity contribution in [2.45, 2.75) is 39.7 Å². The Hall–Kier alpha value is -4.33. The second kappa shape index (κ2) is 12.5. The zero-order valence-electron chi connectivity index (χ0n) is 24.1. The topological polar surface area (TPSA) is 82.9 Å². The summed E-state index contributed by atoms with van der Waals surface area (Å²) in [5.74, 6) is 0.180. The SMILES string of the molecule is CCOC(=O)[C@@H]1C(=O)N(CCc2ccccc2)c2nc3ccccc3n2[C@@H]1c1ccc(OCCC(C)C)c(OC)c1. The standard InChI is InChI=1S/C33H37N3O5/c1-5-40-32(38)29-30(24-15-16-27(28(21-24)39-4)41-20-18-22(2)3)36-26-14-10-9-13-25(26)34-33(36)35(31(29)37)19-17-23-11-7-6-8-12-23/h6-16,21-22,29-30H,5,17-20H2,1-4H3/t29-,30+/m0/s1. The van der Waals surface area contributed by atoms with Gasteiger partial charge in [-0.1, -0.05) is 62.4 Å². The van der Waals surface area contributed by atoms with Crippen molar-refractivity contribution in [1.82, 2.24) is 9.55 Å². The first kappa shape index (κ1) is 28.2. The van der Waals surface area contributed by atoms with Crippen molar-refractivity contribution in [2.24, 2.45) is 11.8 Å². The molecular formula is C33H37N3O5. The maximum absolute atomic E-state index is 14.2. The first-order chi connectivity index (χ1) is 19.9. The Balaban J connectivity index is 1.62. The number of hydrogen-bond donors (Lipinski definition) is 0. The smallest absolute Gasteiger partial charge is 0.321 e. The van der Waals surface area contributed by atoms with Crippen LogP contribution >= 0.6 is 0 Å². The molecule has 0 aliphatic carbocycles. The number of imidazole rings is 1. The van der Waals surface area contributed by atoms with Crippen molar-refractivity contribution < 1.29 is 23.8 Å². The predicted octanol–water partition coefficient (Wildman–Crippen LogP) is 5.83. The molecule has 1 aliphatic rings. The van der Waals surface area contributed by atoms with Crippen LogP contribution in [0, 0.1) is 11.8 Å². The third kappa shape index (κ3) is 5.78. The number of esters is 1. The van der Waals surface area contributed by atoms with Gasteiger partial charge in [-0.2, -0.15) is 0 Å². The maximum atomic E-state index is 14.2. The minimum atomic E-state index is -1.10. The monoisotopic (exact) mass is 555 g/mol. The van der Waals surface area contributed by atoms with Crippen molar-refractivity contribution in [3.05, 3.63) is 83.9 Å². The number of methoxy groups -OCH3 is 1. The van der Waals surface area contributed by atoms with E-state index in [0.29, 0.717) is 42.9 Å². The van der Waals surface area contributed by atoms with E-state index < -0.39 is 17.9 Å². The maximum Gasteiger partial charge on any atom is 0.321 e. The van der Waals surface area contributed by atoms with Crippen molar-refractivity contribution in [3.63, 3.8) is 0 Å². The molecule has 0 spiro atoms. The van der Waals surface area contributed by atoms with Gasteiger partial charge in [0.25, 0.3) is 0 Å². The van der Waals surface area contributed by atoms with E-state index in [2.05, 4.69) is 13.8 Å². The molecule has 8 nitrogen and oxygen atoms in total. The van der Waals surface area contributed by atoms with Gasteiger partial charge in [0.1, 0.15) is 0 Å². The van der Waals surface area contributed by atoms with Crippen molar-refractivity contribution in [3.8, 4) is 11.5 Å². The molecule has 0 radical (unpaired) electrons. The quantitative estimate of drug-likeness (QED) is 0.171. The summed E-state index contributed by atoms with van der Waals surface area (Å²) in [5, 5.41) is 0. The van der Waals surface area contributed by atoms with Gasteiger partial charge < -0.3 is 18.8 Å². The van der Waals surface area contributed by atoms with Gasteiger partial charge in [0, 0.05) is 6.54 Å². The van der Waals surface area contributed by atoms with Crippen LogP contribution in [-0.4, -0.2) is 48.3 Å². The molecule has 1 amide bonds. The third-order valence-corrected chi connectivity index (χ3v) is 7.43. The van der Waals surface area contributed by atoms with Crippen molar-refractivity contribution in [1.29, 1.82) is 0 Å². The van der Waals surface area contributed by atoms with E-state index in [4.69, 9.17) is 19.2 Å². The fourth-order valence-electron chi connectivity index (χ4n) is 5.34. The highest BCUT2D eigenvalue weighted by Gasteiger charge is 2.48. The number of anilines is 1. The predicted molar refractivity (Wildman–Crippen MR) is 158 cm³/mol. The zero-order chi connectivity index (χ0) is 28.9. The number of amides is 1. The number of carbonyl (C=O) groups is 2.